The molecule has 0 saturated heterocycles. The van der Waals surface area contributed by atoms with E-state index in [0.29, 0.717) is 23.7 Å². The molecular formula is C12H19N5O2S. The van der Waals surface area contributed by atoms with Crippen molar-refractivity contribution in [1.82, 2.24) is 19.1 Å². The van der Waals surface area contributed by atoms with Gasteiger partial charge in [0.2, 0.25) is 5.95 Å². The molecule has 20 heavy (non-hydrogen) atoms. The van der Waals surface area contributed by atoms with E-state index in [1.165, 1.54) is 11.6 Å². The lowest BCUT2D eigenvalue weighted by molar-refractivity contribution is 0.708. The molecule has 0 spiro atoms. The summed E-state index contributed by atoms with van der Waals surface area (Å²) < 4.78 is 2.48. The van der Waals surface area contributed by atoms with Gasteiger partial charge < -0.3 is 10.3 Å². The van der Waals surface area contributed by atoms with Crippen LogP contribution in [-0.2, 0) is 14.1 Å². The summed E-state index contributed by atoms with van der Waals surface area (Å²) in [7, 11) is 3.05. The first-order chi connectivity index (χ1) is 9.26. The average Bonchev–Trinajstić information content (AvgIpc) is 2.85. The Balaban J connectivity index is 2.45. The molecule has 0 bridgehead atoms. The molecule has 2 aromatic rings. The Hall–Kier alpha value is -1.70. The highest BCUT2D eigenvalue weighted by Gasteiger charge is 2.18. The lowest BCUT2D eigenvalue weighted by Crippen LogP contribution is -2.36. The smallest absolute Gasteiger partial charge is 0.332 e. The highest BCUT2D eigenvalue weighted by Crippen LogP contribution is 2.21. The molecule has 0 atom stereocenters. The third-order valence-corrected chi connectivity index (χ3v) is 4.58. The third-order valence-electron chi connectivity index (χ3n) is 3.33. The minimum absolute atomic E-state index is 0.0514. The summed E-state index contributed by atoms with van der Waals surface area (Å²) in [4.78, 5) is 31.1. The van der Waals surface area contributed by atoms with Crippen LogP contribution in [0.5, 0.6) is 0 Å². The van der Waals surface area contributed by atoms with Crippen LogP contribution in [0.25, 0.3) is 11.2 Å². The number of hydrogen-bond acceptors (Lipinski definition) is 5. The van der Waals surface area contributed by atoms with Crippen LogP contribution in [-0.4, -0.2) is 36.6 Å². The van der Waals surface area contributed by atoms with E-state index < -0.39 is 0 Å². The van der Waals surface area contributed by atoms with Crippen LogP contribution in [0, 0.1) is 0 Å². The molecule has 0 unspecified atom stereocenters. The van der Waals surface area contributed by atoms with E-state index in [1.54, 1.807) is 18.8 Å². The number of fused-ring (bicyclic) bond motifs is 1. The van der Waals surface area contributed by atoms with Crippen LogP contribution in [0.3, 0.4) is 0 Å². The number of aromatic amines is 1. The fourth-order valence-corrected chi connectivity index (χ4v) is 2.00. The van der Waals surface area contributed by atoms with Crippen LogP contribution in [0.4, 0.5) is 5.95 Å². The summed E-state index contributed by atoms with van der Waals surface area (Å²) in [5.41, 5.74) is -0.0561. The maximum Gasteiger partial charge on any atom is 0.332 e. The second-order valence-electron chi connectivity index (χ2n) is 5.31. The van der Waals surface area contributed by atoms with Crippen LogP contribution in [0.1, 0.15) is 13.8 Å². The summed E-state index contributed by atoms with van der Waals surface area (Å²) >= 11 is 1.74. The molecule has 0 fully saturated rings. The molecule has 2 N–H and O–H groups in total. The molecule has 110 valence electrons. The van der Waals surface area contributed by atoms with Gasteiger partial charge in [-0.25, -0.2) is 4.79 Å². The second-order valence-corrected chi connectivity index (χ2v) is 6.82. The molecule has 0 aromatic carbocycles. The molecule has 0 saturated carbocycles. The number of rotatable bonds is 4. The molecule has 0 aliphatic heterocycles. The summed E-state index contributed by atoms with van der Waals surface area (Å²) in [6.07, 6.45) is 2.04. The van der Waals surface area contributed by atoms with Crippen LogP contribution in [0.15, 0.2) is 9.59 Å². The Morgan fingerprint density at radius 2 is 1.95 bits per heavy atom. The van der Waals surface area contributed by atoms with Gasteiger partial charge in [0, 0.05) is 25.4 Å². The van der Waals surface area contributed by atoms with E-state index in [4.69, 9.17) is 0 Å². The molecule has 0 aliphatic rings. The maximum absolute atomic E-state index is 12.0. The van der Waals surface area contributed by atoms with Gasteiger partial charge in [-0.15, -0.1) is 0 Å². The zero-order chi connectivity index (χ0) is 15.1. The fourth-order valence-electron chi connectivity index (χ4n) is 1.78. The number of aromatic nitrogens is 4. The van der Waals surface area contributed by atoms with Gasteiger partial charge in [-0.3, -0.25) is 13.9 Å². The van der Waals surface area contributed by atoms with Crippen molar-refractivity contribution in [2.75, 3.05) is 18.1 Å². The molecule has 2 aromatic heterocycles. The largest absolute Gasteiger partial charge is 0.354 e. The fraction of sp³-hybridized carbons (Fsp3) is 0.583. The number of aryl methyl sites for hydroxylation is 1. The molecule has 0 amide bonds. The third kappa shape index (κ3) is 2.47. The van der Waals surface area contributed by atoms with Gasteiger partial charge in [0.25, 0.3) is 5.56 Å². The number of thioether (sulfide) groups is 1. The van der Waals surface area contributed by atoms with E-state index >= 15 is 0 Å². The average molecular weight is 297 g/mol. The van der Waals surface area contributed by atoms with Crippen molar-refractivity contribution in [1.29, 1.82) is 0 Å². The first kappa shape index (κ1) is 14.7. The predicted octanol–water partition coefficient (Wildman–Crippen LogP) is 0.514. The van der Waals surface area contributed by atoms with Crippen molar-refractivity contribution in [3.05, 3.63) is 20.8 Å². The number of nitrogens with one attached hydrogen (secondary N) is 2. The standard InChI is InChI=1S/C12H19N5O2S/c1-12(2,20-5)6-13-10-14-7-8(15-10)16(3)11(19)17(4)9(7)18/h6H2,1-5H3,(H2,13,14,15). The molecule has 8 heteroatoms. The van der Waals surface area contributed by atoms with Crippen LogP contribution in [0.2, 0.25) is 0 Å². The molecular weight excluding hydrogens is 278 g/mol. The normalized spacial score (nSPS) is 12.1. The van der Waals surface area contributed by atoms with E-state index in [9.17, 15) is 9.59 Å². The topological polar surface area (TPSA) is 84.7 Å². The van der Waals surface area contributed by atoms with Crippen LogP contribution >= 0.6 is 11.8 Å². The van der Waals surface area contributed by atoms with Crippen molar-refractivity contribution >= 4 is 28.9 Å². The van der Waals surface area contributed by atoms with Gasteiger partial charge in [-0.1, -0.05) is 0 Å². The van der Waals surface area contributed by atoms with Crippen LogP contribution < -0.4 is 16.6 Å². The highest BCUT2D eigenvalue weighted by atomic mass is 32.2. The molecule has 2 rings (SSSR count). The van der Waals surface area contributed by atoms with Crippen molar-refractivity contribution in [2.45, 2.75) is 18.6 Å². The van der Waals surface area contributed by atoms with Gasteiger partial charge in [0.05, 0.1) is 0 Å². The summed E-state index contributed by atoms with van der Waals surface area (Å²) in [5.74, 6) is 0.500. The Labute approximate surface area is 120 Å². The monoisotopic (exact) mass is 297 g/mol. The van der Waals surface area contributed by atoms with Gasteiger partial charge >= 0.3 is 5.69 Å². The quantitative estimate of drug-likeness (QED) is 0.859. The van der Waals surface area contributed by atoms with Gasteiger partial charge in [-0.2, -0.15) is 16.7 Å². The van der Waals surface area contributed by atoms with E-state index in [1.807, 2.05) is 6.26 Å². The molecule has 0 radical (unpaired) electrons. The minimum Gasteiger partial charge on any atom is -0.354 e. The Morgan fingerprint density at radius 3 is 2.55 bits per heavy atom. The molecule has 0 aliphatic carbocycles. The summed E-state index contributed by atoms with van der Waals surface area (Å²) in [5, 5.41) is 3.17. The Kier molecular flexibility index (Phi) is 3.68. The van der Waals surface area contributed by atoms with Crippen molar-refractivity contribution in [3.8, 4) is 0 Å². The van der Waals surface area contributed by atoms with E-state index in [-0.39, 0.29) is 16.0 Å². The van der Waals surface area contributed by atoms with Crippen molar-refractivity contribution < 1.29 is 0 Å². The zero-order valence-corrected chi connectivity index (χ0v) is 13.1. The van der Waals surface area contributed by atoms with Gasteiger partial charge in [0.15, 0.2) is 11.2 Å². The summed E-state index contributed by atoms with van der Waals surface area (Å²) in [6.45, 7) is 4.92. The molecule has 2 heterocycles. The number of H-pyrrole nitrogens is 1. The van der Waals surface area contributed by atoms with Crippen molar-refractivity contribution in [3.63, 3.8) is 0 Å². The van der Waals surface area contributed by atoms with E-state index in [0.717, 1.165) is 4.57 Å². The first-order valence-electron chi connectivity index (χ1n) is 6.21. The second kappa shape index (κ2) is 5.01. The zero-order valence-electron chi connectivity index (χ0n) is 12.3. The SMILES string of the molecule is CSC(C)(C)CNc1nc2c([nH]1)c(=O)n(C)c(=O)n2C. The highest BCUT2D eigenvalue weighted by molar-refractivity contribution is 7.99. The van der Waals surface area contributed by atoms with Gasteiger partial charge in [0.1, 0.15) is 0 Å². The lowest BCUT2D eigenvalue weighted by Gasteiger charge is -2.21. The Bertz CT molecular complexity index is 756. The number of imidazole rings is 1. The number of hydrogen-bond donors (Lipinski definition) is 2. The van der Waals surface area contributed by atoms with E-state index in [2.05, 4.69) is 29.1 Å². The molecule has 7 nitrogen and oxygen atoms in total. The first-order valence-corrected chi connectivity index (χ1v) is 7.44. The Morgan fingerprint density at radius 1 is 1.30 bits per heavy atom. The number of anilines is 1. The van der Waals surface area contributed by atoms with Crippen molar-refractivity contribution in [2.24, 2.45) is 14.1 Å². The predicted molar refractivity (Wildman–Crippen MR) is 82.7 cm³/mol. The maximum atomic E-state index is 12.0. The minimum atomic E-state index is -0.384. The summed E-state index contributed by atoms with van der Waals surface area (Å²) in [6, 6.07) is 0. The lowest BCUT2D eigenvalue weighted by atomic mass is 10.2. The van der Waals surface area contributed by atoms with Gasteiger partial charge in [-0.05, 0) is 20.1 Å². The number of nitrogens with zero attached hydrogens (tertiary/aromatic N) is 3.